The molecule has 7 heteroatoms. The van der Waals surface area contributed by atoms with Gasteiger partial charge in [0, 0.05) is 26.2 Å². The number of aryl methyl sites for hydroxylation is 2. The summed E-state index contributed by atoms with van der Waals surface area (Å²) in [6.45, 7) is 6.42. The van der Waals surface area contributed by atoms with E-state index in [1.165, 1.54) is 0 Å². The smallest absolute Gasteiger partial charge is 0.312 e. The van der Waals surface area contributed by atoms with Crippen LogP contribution in [0.25, 0.3) is 0 Å². The maximum Gasteiger partial charge on any atom is 0.312 e. The van der Waals surface area contributed by atoms with Crippen molar-refractivity contribution in [2.24, 2.45) is 5.73 Å². The molecule has 0 bridgehead atoms. The van der Waals surface area contributed by atoms with Gasteiger partial charge in [-0.15, -0.1) is 0 Å². The molecule has 0 spiro atoms. The van der Waals surface area contributed by atoms with Crippen LogP contribution in [-0.2, 0) is 13.1 Å². The number of nitrogens with zero attached hydrogens (tertiary/aromatic N) is 2. The van der Waals surface area contributed by atoms with Crippen molar-refractivity contribution in [1.29, 1.82) is 0 Å². The lowest BCUT2D eigenvalue weighted by atomic mass is 10.3. The van der Waals surface area contributed by atoms with Gasteiger partial charge in [0.2, 0.25) is 0 Å². The summed E-state index contributed by atoms with van der Waals surface area (Å²) in [7, 11) is 0. The highest BCUT2D eigenvalue weighted by Crippen LogP contribution is 2.19. The van der Waals surface area contributed by atoms with E-state index >= 15 is 0 Å². The van der Waals surface area contributed by atoms with Crippen molar-refractivity contribution in [3.8, 4) is 0 Å². The van der Waals surface area contributed by atoms with Gasteiger partial charge in [-0.2, -0.15) is 5.10 Å². The van der Waals surface area contributed by atoms with Crippen molar-refractivity contribution in [3.05, 3.63) is 16.4 Å². The Morgan fingerprint density at radius 1 is 1.53 bits per heavy atom. The number of primary amides is 1. The summed E-state index contributed by atoms with van der Waals surface area (Å²) in [5, 5.41) is 10.7. The molecule has 1 heterocycles. The molecule has 0 atom stereocenters. The molecule has 1 aromatic heterocycles. The van der Waals surface area contributed by atoms with E-state index in [1.807, 2.05) is 18.5 Å². The molecule has 17 heavy (non-hydrogen) atoms. The van der Waals surface area contributed by atoms with Gasteiger partial charge in [0.25, 0.3) is 0 Å². The van der Waals surface area contributed by atoms with Crippen molar-refractivity contribution in [1.82, 2.24) is 20.4 Å². The van der Waals surface area contributed by atoms with E-state index in [9.17, 15) is 4.79 Å². The van der Waals surface area contributed by atoms with E-state index in [0.29, 0.717) is 24.7 Å². The predicted octanol–water partition coefficient (Wildman–Crippen LogP) is 0.623. The molecule has 0 aliphatic rings. The fourth-order valence-electron chi connectivity index (χ4n) is 1.52. The molecule has 0 fully saturated rings. The van der Waals surface area contributed by atoms with Gasteiger partial charge >= 0.3 is 6.03 Å². The number of urea groups is 1. The average molecular weight is 260 g/mol. The third-order valence-electron chi connectivity index (χ3n) is 2.35. The zero-order valence-corrected chi connectivity index (χ0v) is 10.8. The van der Waals surface area contributed by atoms with E-state index in [1.54, 1.807) is 0 Å². The number of carbonyl (C=O) groups is 1. The number of nitrogens with two attached hydrogens (primary N) is 1. The summed E-state index contributed by atoms with van der Waals surface area (Å²) in [5.41, 5.74) is 6.74. The molecule has 0 aromatic carbocycles. The van der Waals surface area contributed by atoms with Crippen LogP contribution in [0.5, 0.6) is 0 Å². The summed E-state index contributed by atoms with van der Waals surface area (Å²) in [6.07, 6.45) is 0. The van der Waals surface area contributed by atoms with Crippen LogP contribution in [-0.4, -0.2) is 28.9 Å². The lowest BCUT2D eigenvalue weighted by Gasteiger charge is -2.07. The first-order chi connectivity index (χ1) is 8.06. The summed E-state index contributed by atoms with van der Waals surface area (Å²) in [6, 6.07) is -0.515. The second-order valence-corrected chi connectivity index (χ2v) is 4.01. The van der Waals surface area contributed by atoms with Crippen LogP contribution in [0.1, 0.15) is 18.3 Å². The van der Waals surface area contributed by atoms with Crippen LogP contribution < -0.4 is 16.4 Å². The Morgan fingerprint density at radius 3 is 2.82 bits per heavy atom. The largest absolute Gasteiger partial charge is 0.352 e. The molecule has 0 radical (unpaired) electrons. The van der Waals surface area contributed by atoms with E-state index in [4.69, 9.17) is 17.3 Å². The maximum absolute atomic E-state index is 10.4. The number of aromatic nitrogens is 2. The van der Waals surface area contributed by atoms with Gasteiger partial charge in [-0.3, -0.25) is 4.68 Å². The third-order valence-corrected chi connectivity index (χ3v) is 2.84. The minimum Gasteiger partial charge on any atom is -0.352 e. The Kier molecular flexibility index (Phi) is 5.24. The minimum absolute atomic E-state index is 0.492. The molecule has 0 saturated heterocycles. The third kappa shape index (κ3) is 3.90. The normalized spacial score (nSPS) is 10.5. The van der Waals surface area contributed by atoms with Gasteiger partial charge in [-0.25, -0.2) is 4.79 Å². The van der Waals surface area contributed by atoms with Gasteiger partial charge in [0.1, 0.15) is 0 Å². The van der Waals surface area contributed by atoms with Crippen LogP contribution in [0.4, 0.5) is 4.79 Å². The van der Waals surface area contributed by atoms with Gasteiger partial charge in [-0.05, 0) is 13.8 Å². The van der Waals surface area contributed by atoms with Crippen LogP contribution in [0.15, 0.2) is 0 Å². The van der Waals surface area contributed by atoms with Gasteiger partial charge in [0.05, 0.1) is 16.4 Å². The Labute approximate surface area is 105 Å². The van der Waals surface area contributed by atoms with Crippen LogP contribution in [0.3, 0.4) is 0 Å². The molecule has 96 valence electrons. The monoisotopic (exact) mass is 259 g/mol. The Bertz CT molecular complexity index is 390. The molecular weight excluding hydrogens is 242 g/mol. The zero-order valence-electron chi connectivity index (χ0n) is 10.1. The number of hydrogen-bond acceptors (Lipinski definition) is 3. The Balaban J connectivity index is 2.43. The molecular formula is C10H18ClN5O. The first-order valence-electron chi connectivity index (χ1n) is 5.52. The van der Waals surface area contributed by atoms with Gasteiger partial charge in [0.15, 0.2) is 0 Å². The summed E-state index contributed by atoms with van der Waals surface area (Å²) < 4.78 is 1.87. The molecule has 1 rings (SSSR count). The zero-order chi connectivity index (χ0) is 12.8. The summed E-state index contributed by atoms with van der Waals surface area (Å²) in [5.74, 6) is 0. The lowest BCUT2D eigenvalue weighted by Crippen LogP contribution is -2.35. The number of rotatable bonds is 6. The molecule has 2 amide bonds. The van der Waals surface area contributed by atoms with E-state index in [2.05, 4.69) is 15.7 Å². The van der Waals surface area contributed by atoms with Crippen molar-refractivity contribution >= 4 is 17.6 Å². The quantitative estimate of drug-likeness (QED) is 0.655. The molecule has 6 nitrogen and oxygen atoms in total. The first-order valence-corrected chi connectivity index (χ1v) is 5.89. The molecule has 0 aliphatic carbocycles. The minimum atomic E-state index is -0.515. The fraction of sp³-hybridized carbons (Fsp3) is 0.600. The first kappa shape index (κ1) is 13.8. The van der Waals surface area contributed by atoms with Crippen LogP contribution in [0, 0.1) is 6.92 Å². The van der Waals surface area contributed by atoms with Crippen molar-refractivity contribution in [2.45, 2.75) is 26.9 Å². The number of nitrogens with one attached hydrogen (secondary N) is 2. The highest BCUT2D eigenvalue weighted by Gasteiger charge is 2.11. The maximum atomic E-state index is 10.4. The number of halogens is 1. The fourth-order valence-corrected chi connectivity index (χ4v) is 1.72. The van der Waals surface area contributed by atoms with Crippen LogP contribution >= 0.6 is 11.6 Å². The molecule has 0 saturated carbocycles. The number of amides is 2. The number of hydrogen-bond donors (Lipinski definition) is 3. The van der Waals surface area contributed by atoms with E-state index < -0.39 is 6.03 Å². The highest BCUT2D eigenvalue weighted by atomic mass is 35.5. The molecule has 0 unspecified atom stereocenters. The van der Waals surface area contributed by atoms with Gasteiger partial charge in [-0.1, -0.05) is 11.6 Å². The van der Waals surface area contributed by atoms with Gasteiger partial charge < -0.3 is 16.4 Å². The van der Waals surface area contributed by atoms with Crippen molar-refractivity contribution in [3.63, 3.8) is 0 Å². The number of carbonyl (C=O) groups excluding carboxylic acids is 1. The molecule has 4 N–H and O–H groups in total. The average Bonchev–Trinajstić information content (AvgIpc) is 2.55. The highest BCUT2D eigenvalue weighted by molar-refractivity contribution is 6.31. The Hall–Kier alpha value is -1.27. The van der Waals surface area contributed by atoms with Crippen LogP contribution in [0.2, 0.25) is 5.02 Å². The lowest BCUT2D eigenvalue weighted by molar-refractivity contribution is 0.249. The van der Waals surface area contributed by atoms with Crippen molar-refractivity contribution < 1.29 is 4.79 Å². The molecule has 0 aliphatic heterocycles. The summed E-state index contributed by atoms with van der Waals surface area (Å²) in [4.78, 5) is 10.4. The standard InChI is InChI=1S/C10H18ClN5O/c1-3-16-8(9(11)7(2)15-16)6-13-4-5-14-10(12)17/h13H,3-6H2,1-2H3,(H3,12,14,17). The Morgan fingerprint density at radius 2 is 2.24 bits per heavy atom. The SMILES string of the molecule is CCn1nc(C)c(Cl)c1CNCCNC(N)=O. The topological polar surface area (TPSA) is 85.0 Å². The van der Waals surface area contributed by atoms with E-state index in [0.717, 1.165) is 17.9 Å². The predicted molar refractivity (Wildman–Crippen MR) is 66.9 cm³/mol. The van der Waals surface area contributed by atoms with E-state index in [-0.39, 0.29) is 0 Å². The van der Waals surface area contributed by atoms with Crippen molar-refractivity contribution in [2.75, 3.05) is 13.1 Å². The second kappa shape index (κ2) is 6.46. The second-order valence-electron chi connectivity index (χ2n) is 3.63. The summed E-state index contributed by atoms with van der Waals surface area (Å²) >= 11 is 6.14. The molecule has 1 aromatic rings.